The van der Waals surface area contributed by atoms with Gasteiger partial charge in [-0.2, -0.15) is 0 Å². The molecule has 0 bridgehead atoms. The first-order valence-electron chi connectivity index (χ1n) is 12.6. The topological polar surface area (TPSA) is 101 Å². The number of amides is 2. The maximum Gasteiger partial charge on any atom is 0.407 e. The molecule has 1 aromatic heterocycles. The largest absolute Gasteiger partial charge is 0.493 e. The second-order valence-corrected chi connectivity index (χ2v) is 10.6. The number of nitrogens with zero attached hydrogens (tertiary/aromatic N) is 3. The van der Waals surface area contributed by atoms with Gasteiger partial charge in [-0.25, -0.2) is 4.79 Å². The van der Waals surface area contributed by atoms with Crippen molar-refractivity contribution < 1.29 is 28.9 Å². The molecule has 1 saturated heterocycles. The van der Waals surface area contributed by atoms with Crippen molar-refractivity contribution >= 4 is 22.9 Å². The predicted molar refractivity (Wildman–Crippen MR) is 135 cm³/mol. The molecule has 36 heavy (non-hydrogen) atoms. The van der Waals surface area contributed by atoms with Gasteiger partial charge in [0.05, 0.1) is 37.5 Å². The number of carbonyl (C=O) groups is 2. The molecule has 196 valence electrons. The third-order valence-corrected chi connectivity index (χ3v) is 7.01. The highest BCUT2D eigenvalue weighted by atomic mass is 16.5. The van der Waals surface area contributed by atoms with Gasteiger partial charge in [-0.15, -0.1) is 0 Å². The summed E-state index contributed by atoms with van der Waals surface area (Å²) in [6, 6.07) is 9.80. The summed E-state index contributed by atoms with van der Waals surface area (Å²) in [5.41, 5.74) is -0.359. The van der Waals surface area contributed by atoms with Crippen LogP contribution in [0.5, 0.6) is 5.75 Å². The van der Waals surface area contributed by atoms with Crippen molar-refractivity contribution in [2.24, 2.45) is 5.41 Å². The number of hydrogen-bond acceptors (Lipinski definition) is 6. The Balaban J connectivity index is 1.65. The Hall–Kier alpha value is -2.91. The van der Waals surface area contributed by atoms with E-state index in [0.29, 0.717) is 19.8 Å². The first-order valence-corrected chi connectivity index (χ1v) is 12.6. The zero-order valence-corrected chi connectivity index (χ0v) is 21.7. The Morgan fingerprint density at radius 1 is 1.25 bits per heavy atom. The van der Waals surface area contributed by atoms with E-state index in [1.54, 1.807) is 7.11 Å². The number of para-hydroxylation sites is 1. The average Bonchev–Trinajstić information content (AvgIpc) is 3.69. The van der Waals surface area contributed by atoms with Gasteiger partial charge in [0, 0.05) is 49.6 Å². The van der Waals surface area contributed by atoms with Gasteiger partial charge >= 0.3 is 6.09 Å². The smallest absolute Gasteiger partial charge is 0.407 e. The first-order chi connectivity index (χ1) is 17.2. The molecule has 1 aliphatic heterocycles. The van der Waals surface area contributed by atoms with Gasteiger partial charge in [0.25, 0.3) is 5.91 Å². The second-order valence-electron chi connectivity index (χ2n) is 10.6. The number of pyridine rings is 1. The van der Waals surface area contributed by atoms with Gasteiger partial charge in [-0.1, -0.05) is 32.9 Å². The summed E-state index contributed by atoms with van der Waals surface area (Å²) in [5.74, 6) is 0.548. The number of rotatable bonds is 9. The third-order valence-electron chi connectivity index (χ3n) is 7.01. The van der Waals surface area contributed by atoms with E-state index < -0.39 is 17.1 Å². The maximum absolute atomic E-state index is 14.2. The number of carboxylic acid groups (broad SMARTS) is 1. The lowest BCUT2D eigenvalue weighted by Crippen LogP contribution is -2.67. The van der Waals surface area contributed by atoms with Gasteiger partial charge in [-0.3, -0.25) is 9.78 Å². The SMILES string of the molecule is COCCCOc1cc(CN(C(=O)[C@@]2(C(C)(C)C)CN(C(=O)O)CCO2)C2CC2)nc2ccccc12. The molecule has 1 atom stereocenters. The fourth-order valence-corrected chi connectivity index (χ4v) is 4.73. The summed E-state index contributed by atoms with van der Waals surface area (Å²) in [6.07, 6.45) is 1.54. The molecule has 2 aliphatic rings. The van der Waals surface area contributed by atoms with E-state index >= 15 is 0 Å². The number of fused-ring (bicyclic) bond motifs is 1. The van der Waals surface area contributed by atoms with Crippen molar-refractivity contribution in [3.8, 4) is 5.75 Å². The minimum atomic E-state index is -1.28. The monoisotopic (exact) mass is 499 g/mol. The summed E-state index contributed by atoms with van der Waals surface area (Å²) in [5, 5.41) is 10.6. The van der Waals surface area contributed by atoms with Crippen molar-refractivity contribution in [1.82, 2.24) is 14.8 Å². The van der Waals surface area contributed by atoms with Crippen LogP contribution in [0.2, 0.25) is 0 Å². The van der Waals surface area contributed by atoms with E-state index in [9.17, 15) is 14.7 Å². The summed E-state index contributed by atoms with van der Waals surface area (Å²) in [6.45, 7) is 7.66. The number of ether oxygens (including phenoxy) is 3. The van der Waals surface area contributed by atoms with Crippen LogP contribution >= 0.6 is 0 Å². The van der Waals surface area contributed by atoms with Crippen LogP contribution in [0.25, 0.3) is 10.9 Å². The molecule has 0 spiro atoms. The quantitative estimate of drug-likeness (QED) is 0.522. The molecule has 2 aromatic rings. The standard InChI is InChI=1S/C27H37N3O6/c1-26(2,3)27(18-29(25(32)33)12-15-36-27)24(31)30(20-10-11-20)17-19-16-23(35-14-7-13-34-4)21-8-5-6-9-22(21)28-19/h5-6,8-9,16,20H,7,10-15,17-18H2,1-4H3,(H,32,33)/t27-/m1/s1. The Bertz CT molecular complexity index is 1100. The van der Waals surface area contributed by atoms with Gasteiger partial charge in [0.1, 0.15) is 5.75 Å². The summed E-state index contributed by atoms with van der Waals surface area (Å²) < 4.78 is 17.4. The van der Waals surface area contributed by atoms with E-state index in [2.05, 4.69) is 0 Å². The highest BCUT2D eigenvalue weighted by Gasteiger charge is 2.56. The van der Waals surface area contributed by atoms with Crippen LogP contribution < -0.4 is 4.74 Å². The van der Waals surface area contributed by atoms with E-state index in [1.807, 2.05) is 56.0 Å². The summed E-state index contributed by atoms with van der Waals surface area (Å²) in [7, 11) is 1.67. The zero-order chi connectivity index (χ0) is 25.9. The van der Waals surface area contributed by atoms with Crippen molar-refractivity contribution in [3.05, 3.63) is 36.0 Å². The molecule has 1 N–H and O–H groups in total. The Morgan fingerprint density at radius 3 is 2.67 bits per heavy atom. The van der Waals surface area contributed by atoms with Crippen LogP contribution in [-0.4, -0.2) is 83.6 Å². The lowest BCUT2D eigenvalue weighted by molar-refractivity contribution is -0.192. The van der Waals surface area contributed by atoms with Gasteiger partial charge in [0.2, 0.25) is 0 Å². The Labute approximate surface area is 212 Å². The molecule has 4 rings (SSSR count). The van der Waals surface area contributed by atoms with Crippen molar-refractivity contribution in [2.45, 2.75) is 58.2 Å². The number of carbonyl (C=O) groups excluding carboxylic acids is 1. The lowest BCUT2D eigenvalue weighted by Gasteiger charge is -2.49. The number of methoxy groups -OCH3 is 1. The molecule has 1 aromatic carbocycles. The fourth-order valence-electron chi connectivity index (χ4n) is 4.73. The third kappa shape index (κ3) is 5.42. The number of benzene rings is 1. The Morgan fingerprint density at radius 2 is 2.00 bits per heavy atom. The van der Waals surface area contributed by atoms with Crippen molar-refractivity contribution in [1.29, 1.82) is 0 Å². The molecule has 0 unspecified atom stereocenters. The molecular weight excluding hydrogens is 462 g/mol. The molecule has 2 amide bonds. The van der Waals surface area contributed by atoms with Crippen molar-refractivity contribution in [2.75, 3.05) is 40.0 Å². The lowest BCUT2D eigenvalue weighted by atomic mass is 9.74. The van der Waals surface area contributed by atoms with Gasteiger partial charge in [0.15, 0.2) is 5.60 Å². The second kappa shape index (κ2) is 10.6. The predicted octanol–water partition coefficient (Wildman–Crippen LogP) is 3.94. The highest BCUT2D eigenvalue weighted by Crippen LogP contribution is 2.41. The number of aromatic nitrogens is 1. The summed E-state index contributed by atoms with van der Waals surface area (Å²) in [4.78, 5) is 34.0. The average molecular weight is 500 g/mol. The van der Waals surface area contributed by atoms with Crippen LogP contribution in [0.1, 0.15) is 45.7 Å². The van der Waals surface area contributed by atoms with Gasteiger partial charge < -0.3 is 29.1 Å². The molecule has 1 aliphatic carbocycles. The van der Waals surface area contributed by atoms with Crippen LogP contribution in [0.3, 0.4) is 0 Å². The number of morpholine rings is 1. The van der Waals surface area contributed by atoms with Crippen LogP contribution in [-0.2, 0) is 20.8 Å². The van der Waals surface area contributed by atoms with E-state index in [4.69, 9.17) is 19.2 Å². The maximum atomic E-state index is 14.2. The molecule has 9 heteroatoms. The molecule has 0 radical (unpaired) electrons. The van der Waals surface area contributed by atoms with Crippen molar-refractivity contribution in [3.63, 3.8) is 0 Å². The normalized spacial score (nSPS) is 20.4. The molecule has 9 nitrogen and oxygen atoms in total. The Kier molecular flexibility index (Phi) is 7.70. The van der Waals surface area contributed by atoms with Crippen LogP contribution in [0.4, 0.5) is 4.79 Å². The summed E-state index contributed by atoms with van der Waals surface area (Å²) >= 11 is 0. The van der Waals surface area contributed by atoms with E-state index in [1.165, 1.54) is 4.90 Å². The minimum absolute atomic E-state index is 0.00684. The number of hydrogen-bond donors (Lipinski definition) is 1. The van der Waals surface area contributed by atoms with Crippen LogP contribution in [0.15, 0.2) is 30.3 Å². The zero-order valence-electron chi connectivity index (χ0n) is 21.7. The molecular formula is C27H37N3O6. The first kappa shape index (κ1) is 26.2. The van der Waals surface area contributed by atoms with Crippen LogP contribution in [0, 0.1) is 5.41 Å². The minimum Gasteiger partial charge on any atom is -0.493 e. The van der Waals surface area contributed by atoms with E-state index in [0.717, 1.165) is 41.6 Å². The molecule has 2 heterocycles. The molecule has 2 fully saturated rings. The fraction of sp³-hybridized carbons (Fsp3) is 0.593. The van der Waals surface area contributed by atoms with E-state index in [-0.39, 0.29) is 31.6 Å². The molecule has 1 saturated carbocycles. The van der Waals surface area contributed by atoms with Gasteiger partial charge in [-0.05, 0) is 25.0 Å². The highest BCUT2D eigenvalue weighted by molar-refractivity contribution is 5.88.